The van der Waals surface area contributed by atoms with Crippen LogP contribution in [-0.4, -0.2) is 25.3 Å². The Morgan fingerprint density at radius 2 is 1.90 bits per heavy atom. The summed E-state index contributed by atoms with van der Waals surface area (Å²) in [6.45, 7) is 5.39. The predicted octanol–water partition coefficient (Wildman–Crippen LogP) is 3.51. The fraction of sp³-hybridized carbons (Fsp3) is 0.538. The van der Waals surface area contributed by atoms with Gasteiger partial charge in [0.25, 0.3) is 0 Å². The minimum atomic E-state index is -4.09. The van der Waals surface area contributed by atoms with E-state index in [2.05, 4.69) is 0 Å². The first-order valence-electron chi connectivity index (χ1n) is 6.35. The van der Waals surface area contributed by atoms with Gasteiger partial charge in [0.1, 0.15) is 4.90 Å². The number of hydrogen-bond donors (Lipinski definition) is 0. The lowest BCUT2D eigenvalue weighted by molar-refractivity contribution is 0.339. The fourth-order valence-electron chi connectivity index (χ4n) is 1.93. The predicted molar refractivity (Wildman–Crippen MR) is 75.2 cm³/mol. The molecule has 0 amide bonds. The van der Waals surface area contributed by atoms with E-state index < -0.39 is 26.6 Å². The summed E-state index contributed by atoms with van der Waals surface area (Å²) in [5, 5.41) is 0. The van der Waals surface area contributed by atoms with E-state index >= 15 is 0 Å². The highest BCUT2D eigenvalue weighted by molar-refractivity contribution is 7.89. The Labute approximate surface area is 123 Å². The van der Waals surface area contributed by atoms with Crippen LogP contribution in [0.2, 0.25) is 0 Å². The van der Waals surface area contributed by atoms with Crippen molar-refractivity contribution in [2.45, 2.75) is 44.0 Å². The van der Waals surface area contributed by atoms with Gasteiger partial charge in [-0.2, -0.15) is 4.31 Å². The van der Waals surface area contributed by atoms with Gasteiger partial charge in [-0.05, 0) is 31.0 Å². The minimum Gasteiger partial charge on any atom is -0.207 e. The molecule has 1 aromatic carbocycles. The molecule has 0 aliphatic rings. The molecule has 0 saturated carbocycles. The molecule has 0 N–H and O–H groups in total. The van der Waals surface area contributed by atoms with Gasteiger partial charge in [0.2, 0.25) is 10.0 Å². The van der Waals surface area contributed by atoms with Gasteiger partial charge >= 0.3 is 0 Å². The standard InChI is InChI=1S/C13H18ClF2NO2S/c1-4-9(3)17(5-2)20(18,19)12-7-10(8-14)6-11(15)13(12)16/h6-7,9H,4-5,8H2,1-3H3. The van der Waals surface area contributed by atoms with Crippen molar-refractivity contribution in [3.05, 3.63) is 29.3 Å². The normalized spacial score (nSPS) is 13.8. The number of hydrogen-bond acceptors (Lipinski definition) is 2. The van der Waals surface area contributed by atoms with Crippen LogP contribution in [0.25, 0.3) is 0 Å². The molecule has 0 radical (unpaired) electrons. The van der Waals surface area contributed by atoms with Crippen molar-refractivity contribution >= 4 is 21.6 Å². The molecule has 0 heterocycles. The van der Waals surface area contributed by atoms with Gasteiger partial charge in [-0.3, -0.25) is 0 Å². The van der Waals surface area contributed by atoms with Crippen molar-refractivity contribution in [1.29, 1.82) is 0 Å². The van der Waals surface area contributed by atoms with Crippen LogP contribution in [0.3, 0.4) is 0 Å². The molecule has 0 bridgehead atoms. The molecule has 0 aromatic heterocycles. The van der Waals surface area contributed by atoms with Gasteiger partial charge in [0.15, 0.2) is 11.6 Å². The van der Waals surface area contributed by atoms with Crippen LogP contribution in [0.15, 0.2) is 17.0 Å². The third kappa shape index (κ3) is 3.30. The molecule has 0 aliphatic carbocycles. The lowest BCUT2D eigenvalue weighted by atomic mass is 10.2. The summed E-state index contributed by atoms with van der Waals surface area (Å²) in [5.41, 5.74) is 0.226. The molecule has 1 aromatic rings. The van der Waals surface area contributed by atoms with Gasteiger partial charge in [0, 0.05) is 18.5 Å². The van der Waals surface area contributed by atoms with E-state index in [1.807, 2.05) is 6.92 Å². The fourth-order valence-corrected chi connectivity index (χ4v) is 3.92. The highest BCUT2D eigenvalue weighted by Crippen LogP contribution is 2.25. The quantitative estimate of drug-likeness (QED) is 0.751. The largest absolute Gasteiger partial charge is 0.246 e. The van der Waals surface area contributed by atoms with Crippen molar-refractivity contribution < 1.29 is 17.2 Å². The van der Waals surface area contributed by atoms with Crippen LogP contribution in [0.4, 0.5) is 8.78 Å². The van der Waals surface area contributed by atoms with Crippen LogP contribution in [0, 0.1) is 11.6 Å². The van der Waals surface area contributed by atoms with E-state index in [4.69, 9.17) is 11.6 Å². The number of halogens is 3. The highest BCUT2D eigenvalue weighted by atomic mass is 35.5. The van der Waals surface area contributed by atoms with Crippen LogP contribution >= 0.6 is 11.6 Å². The highest BCUT2D eigenvalue weighted by Gasteiger charge is 2.31. The van der Waals surface area contributed by atoms with Gasteiger partial charge < -0.3 is 0 Å². The maximum atomic E-state index is 13.9. The molecule has 3 nitrogen and oxygen atoms in total. The summed E-state index contributed by atoms with van der Waals surface area (Å²) in [6, 6.07) is 1.69. The summed E-state index contributed by atoms with van der Waals surface area (Å²) in [5.74, 6) is -2.66. The second kappa shape index (κ2) is 6.83. The van der Waals surface area contributed by atoms with E-state index in [0.717, 1.165) is 16.4 Å². The Bertz CT molecular complexity index is 578. The average Bonchev–Trinajstić information content (AvgIpc) is 2.41. The lowest BCUT2D eigenvalue weighted by Gasteiger charge is -2.26. The second-order valence-electron chi connectivity index (χ2n) is 4.49. The molecule has 114 valence electrons. The Morgan fingerprint density at radius 3 is 2.35 bits per heavy atom. The van der Waals surface area contributed by atoms with Crippen LogP contribution < -0.4 is 0 Å². The number of rotatable bonds is 6. The third-order valence-corrected chi connectivity index (χ3v) is 5.59. The first kappa shape index (κ1) is 17.3. The van der Waals surface area contributed by atoms with Crippen LogP contribution in [0.1, 0.15) is 32.8 Å². The van der Waals surface area contributed by atoms with Crippen molar-refractivity contribution in [2.75, 3.05) is 6.54 Å². The zero-order valence-electron chi connectivity index (χ0n) is 11.7. The maximum Gasteiger partial charge on any atom is 0.246 e. The Morgan fingerprint density at radius 1 is 1.30 bits per heavy atom. The van der Waals surface area contributed by atoms with Gasteiger partial charge in [-0.1, -0.05) is 13.8 Å². The SMILES string of the molecule is CCC(C)N(CC)S(=O)(=O)c1cc(CCl)cc(F)c1F. The first-order valence-corrected chi connectivity index (χ1v) is 8.32. The van der Waals surface area contributed by atoms with Crippen LogP contribution in [0.5, 0.6) is 0 Å². The molecule has 20 heavy (non-hydrogen) atoms. The summed E-state index contributed by atoms with van der Waals surface area (Å²) >= 11 is 5.58. The lowest BCUT2D eigenvalue weighted by Crippen LogP contribution is -2.38. The van der Waals surface area contributed by atoms with Gasteiger partial charge in [-0.25, -0.2) is 17.2 Å². The van der Waals surface area contributed by atoms with Gasteiger partial charge in [0.05, 0.1) is 0 Å². The number of benzene rings is 1. The van der Waals surface area contributed by atoms with Crippen molar-refractivity contribution in [3.63, 3.8) is 0 Å². The summed E-state index contributed by atoms with van der Waals surface area (Å²) in [7, 11) is -4.09. The van der Waals surface area contributed by atoms with Crippen molar-refractivity contribution in [2.24, 2.45) is 0 Å². The average molecular weight is 326 g/mol. The van der Waals surface area contributed by atoms with E-state index in [1.165, 1.54) is 0 Å². The summed E-state index contributed by atoms with van der Waals surface area (Å²) < 4.78 is 53.5. The number of nitrogens with zero attached hydrogens (tertiary/aromatic N) is 1. The molecule has 1 atom stereocenters. The Kier molecular flexibility index (Phi) is 5.91. The topological polar surface area (TPSA) is 37.4 Å². The maximum absolute atomic E-state index is 13.9. The molecule has 0 fully saturated rings. The minimum absolute atomic E-state index is 0.0881. The molecular formula is C13H18ClF2NO2S. The summed E-state index contributed by atoms with van der Waals surface area (Å²) in [4.78, 5) is -0.657. The molecule has 1 rings (SSSR count). The van der Waals surface area contributed by atoms with Crippen LogP contribution in [-0.2, 0) is 15.9 Å². The van der Waals surface area contributed by atoms with Gasteiger partial charge in [-0.15, -0.1) is 11.6 Å². The first-order chi connectivity index (χ1) is 9.29. The van der Waals surface area contributed by atoms with E-state index in [-0.39, 0.29) is 24.0 Å². The van der Waals surface area contributed by atoms with E-state index in [9.17, 15) is 17.2 Å². The second-order valence-corrected chi connectivity index (χ2v) is 6.62. The zero-order chi connectivity index (χ0) is 15.5. The molecule has 1 unspecified atom stereocenters. The molecule has 7 heteroatoms. The molecule has 0 saturated heterocycles. The Balaban J connectivity index is 3.45. The number of alkyl halides is 1. The number of sulfonamides is 1. The molecule has 0 spiro atoms. The van der Waals surface area contributed by atoms with E-state index in [1.54, 1.807) is 13.8 Å². The van der Waals surface area contributed by atoms with Crippen molar-refractivity contribution in [1.82, 2.24) is 4.31 Å². The zero-order valence-corrected chi connectivity index (χ0v) is 13.2. The third-order valence-electron chi connectivity index (χ3n) is 3.19. The summed E-state index contributed by atoms with van der Waals surface area (Å²) in [6.07, 6.45) is 0.576. The molecule has 0 aliphatic heterocycles. The monoisotopic (exact) mass is 325 g/mol. The smallest absolute Gasteiger partial charge is 0.207 e. The van der Waals surface area contributed by atoms with Crippen molar-refractivity contribution in [3.8, 4) is 0 Å². The molecular weight excluding hydrogens is 308 g/mol. The Hall–Kier alpha value is -0.720. The van der Waals surface area contributed by atoms with E-state index in [0.29, 0.717) is 6.42 Å².